The SMILES string of the molecule is CC(=O)O[C@@H]1[C@@H](OC(C)=O)[C@@H](O[C@H]2O[C@H](COC(=O)C(C)C)[C@@H](OC(C)=O)[C@H](OC(C)=O)[C@H]2OC(C)=O)O[C@H](COC(=O)C(C)C)[C@H]1OC(C)=O. The van der Waals surface area contributed by atoms with Crippen LogP contribution in [-0.2, 0) is 90.5 Å². The van der Waals surface area contributed by atoms with Gasteiger partial charge in [-0.3, -0.25) is 38.4 Å². The minimum atomic E-state index is -1.85. The highest BCUT2D eigenvalue weighted by Crippen LogP contribution is 2.35. The summed E-state index contributed by atoms with van der Waals surface area (Å²) in [5, 5.41) is 0. The normalized spacial score (nSPS) is 28.9. The number of hydrogen-bond donors (Lipinski definition) is 0. The van der Waals surface area contributed by atoms with E-state index in [1.165, 1.54) is 0 Å². The molecule has 0 N–H and O–H groups in total. The first-order valence-electron chi connectivity index (χ1n) is 16.0. The summed E-state index contributed by atoms with van der Waals surface area (Å²) in [6.45, 7) is 11.2. The summed E-state index contributed by atoms with van der Waals surface area (Å²) in [5.41, 5.74) is 0. The van der Waals surface area contributed by atoms with Crippen molar-refractivity contribution >= 4 is 47.8 Å². The summed E-state index contributed by atoms with van der Waals surface area (Å²) in [6.07, 6.45) is -16.4. The molecule has 0 saturated carbocycles. The predicted octanol–water partition coefficient (Wildman–Crippen LogP) is 0.441. The second-order valence-corrected chi connectivity index (χ2v) is 12.2. The molecule has 0 aromatic rings. The van der Waals surface area contributed by atoms with E-state index in [1.807, 2.05) is 0 Å². The molecule has 0 aliphatic carbocycles. The van der Waals surface area contributed by atoms with Crippen molar-refractivity contribution in [2.75, 3.05) is 13.2 Å². The van der Waals surface area contributed by atoms with Gasteiger partial charge in [-0.2, -0.15) is 0 Å². The second-order valence-electron chi connectivity index (χ2n) is 12.2. The number of carbonyl (C=O) groups excluding carboxylic acids is 8. The van der Waals surface area contributed by atoms with Crippen molar-refractivity contribution in [1.82, 2.24) is 0 Å². The fraction of sp³-hybridized carbons (Fsp3) is 0.750. The molecule has 0 bridgehead atoms. The van der Waals surface area contributed by atoms with Gasteiger partial charge in [0.25, 0.3) is 0 Å². The minimum Gasteiger partial charge on any atom is -0.463 e. The van der Waals surface area contributed by atoms with Gasteiger partial charge in [0.15, 0.2) is 36.6 Å². The Hall–Kier alpha value is -4.36. The number of ether oxygens (including phenoxy) is 11. The molecule has 0 unspecified atom stereocenters. The first-order valence-corrected chi connectivity index (χ1v) is 16.0. The van der Waals surface area contributed by atoms with E-state index in [2.05, 4.69) is 0 Å². The maximum atomic E-state index is 12.4. The van der Waals surface area contributed by atoms with Crippen LogP contribution >= 0.6 is 0 Å². The molecular formula is C32H46O19. The fourth-order valence-corrected chi connectivity index (χ4v) is 4.99. The molecule has 2 saturated heterocycles. The van der Waals surface area contributed by atoms with E-state index in [0.29, 0.717) is 0 Å². The Bertz CT molecular complexity index is 1200. The van der Waals surface area contributed by atoms with E-state index >= 15 is 0 Å². The topological polar surface area (TPSA) is 238 Å². The third-order valence-corrected chi connectivity index (χ3v) is 6.99. The molecular weight excluding hydrogens is 688 g/mol. The standard InChI is InChI=1S/C32H46O19/c1-13(2)29(39)41-11-21-23(43-15(5)33)25(45-17(7)35)27(47-19(9)37)31(49-21)51-32-28(48-20(10)38)26(46-18(8)36)24(44-16(6)34)22(50-32)12-42-30(40)14(3)4/h13-14,21-28,31-32H,11-12H2,1-10H3/t21-,22-,23-,24-,25+,26+,27-,28-,31-,32-/m1/s1. The molecule has 10 atom stereocenters. The van der Waals surface area contributed by atoms with E-state index in [-0.39, 0.29) is 0 Å². The van der Waals surface area contributed by atoms with E-state index in [9.17, 15) is 38.4 Å². The molecule has 2 rings (SSSR count). The van der Waals surface area contributed by atoms with Crippen LogP contribution in [0.2, 0.25) is 0 Å². The van der Waals surface area contributed by atoms with Crippen molar-refractivity contribution < 1.29 is 90.5 Å². The molecule has 0 aromatic carbocycles. The monoisotopic (exact) mass is 734 g/mol. The van der Waals surface area contributed by atoms with E-state index in [4.69, 9.17) is 52.1 Å². The highest BCUT2D eigenvalue weighted by atomic mass is 16.8. The fourth-order valence-electron chi connectivity index (χ4n) is 4.99. The van der Waals surface area contributed by atoms with Crippen molar-refractivity contribution in [3.8, 4) is 0 Å². The average molecular weight is 735 g/mol. The van der Waals surface area contributed by atoms with Gasteiger partial charge in [0, 0.05) is 41.5 Å². The quantitative estimate of drug-likeness (QED) is 0.174. The molecule has 0 aromatic heterocycles. The van der Waals surface area contributed by atoms with E-state index in [0.717, 1.165) is 41.5 Å². The highest BCUT2D eigenvalue weighted by Gasteiger charge is 2.57. The molecule has 2 aliphatic heterocycles. The molecule has 2 heterocycles. The summed E-state index contributed by atoms with van der Waals surface area (Å²) >= 11 is 0. The van der Waals surface area contributed by atoms with E-state index in [1.54, 1.807) is 27.7 Å². The predicted molar refractivity (Wildman–Crippen MR) is 163 cm³/mol. The molecule has 0 radical (unpaired) electrons. The Morgan fingerprint density at radius 2 is 0.686 bits per heavy atom. The molecule has 19 heteroatoms. The lowest BCUT2D eigenvalue weighted by Crippen LogP contribution is -2.67. The van der Waals surface area contributed by atoms with Crippen LogP contribution in [0.25, 0.3) is 0 Å². The van der Waals surface area contributed by atoms with Gasteiger partial charge in [0.05, 0.1) is 11.8 Å². The molecule has 51 heavy (non-hydrogen) atoms. The van der Waals surface area contributed by atoms with Crippen LogP contribution < -0.4 is 0 Å². The molecule has 0 amide bonds. The molecule has 288 valence electrons. The van der Waals surface area contributed by atoms with Crippen LogP contribution in [0.15, 0.2) is 0 Å². The van der Waals surface area contributed by atoms with Crippen molar-refractivity contribution in [2.45, 2.75) is 131 Å². The number of hydrogen-bond acceptors (Lipinski definition) is 19. The lowest BCUT2D eigenvalue weighted by Gasteiger charge is -2.48. The van der Waals surface area contributed by atoms with Crippen LogP contribution in [0.3, 0.4) is 0 Å². The van der Waals surface area contributed by atoms with Gasteiger partial charge < -0.3 is 52.1 Å². The molecule has 2 aliphatic rings. The number of esters is 8. The van der Waals surface area contributed by atoms with Crippen LogP contribution in [0.5, 0.6) is 0 Å². The number of carbonyl (C=O) groups is 8. The average Bonchev–Trinajstić information content (AvgIpc) is 2.99. The Morgan fingerprint density at radius 1 is 0.431 bits per heavy atom. The summed E-state index contributed by atoms with van der Waals surface area (Å²) in [7, 11) is 0. The van der Waals surface area contributed by atoms with Crippen molar-refractivity contribution in [3.63, 3.8) is 0 Å². The molecule has 19 nitrogen and oxygen atoms in total. The lowest BCUT2D eigenvalue weighted by molar-refractivity contribution is -0.377. The van der Waals surface area contributed by atoms with Crippen molar-refractivity contribution in [1.29, 1.82) is 0 Å². The summed E-state index contributed by atoms with van der Waals surface area (Å²) in [6, 6.07) is 0. The third-order valence-electron chi connectivity index (χ3n) is 6.99. The van der Waals surface area contributed by atoms with Gasteiger partial charge in [-0.25, -0.2) is 0 Å². The lowest BCUT2D eigenvalue weighted by atomic mass is 9.96. The Balaban J connectivity index is 2.72. The highest BCUT2D eigenvalue weighted by molar-refractivity contribution is 5.72. The molecule has 2 fully saturated rings. The van der Waals surface area contributed by atoms with Crippen LogP contribution in [0.1, 0.15) is 69.2 Å². The van der Waals surface area contributed by atoms with Gasteiger partial charge in [-0.05, 0) is 0 Å². The minimum absolute atomic E-state index is 0.587. The van der Waals surface area contributed by atoms with Gasteiger partial charge in [-0.15, -0.1) is 0 Å². The zero-order valence-electron chi connectivity index (χ0n) is 30.1. The first kappa shape index (κ1) is 42.8. The van der Waals surface area contributed by atoms with Crippen molar-refractivity contribution in [2.24, 2.45) is 11.8 Å². The Kier molecular flexibility index (Phi) is 16.2. The van der Waals surface area contributed by atoms with Crippen LogP contribution in [0, 0.1) is 11.8 Å². The van der Waals surface area contributed by atoms with Gasteiger partial charge in [-0.1, -0.05) is 27.7 Å². The smallest absolute Gasteiger partial charge is 0.308 e. The van der Waals surface area contributed by atoms with Gasteiger partial charge in [0.2, 0.25) is 12.6 Å². The third kappa shape index (κ3) is 13.0. The van der Waals surface area contributed by atoms with Gasteiger partial charge in [0.1, 0.15) is 25.4 Å². The van der Waals surface area contributed by atoms with Gasteiger partial charge >= 0.3 is 47.8 Å². The Labute approximate surface area is 294 Å². The van der Waals surface area contributed by atoms with Crippen molar-refractivity contribution in [3.05, 3.63) is 0 Å². The molecule has 0 spiro atoms. The maximum absolute atomic E-state index is 12.4. The van der Waals surface area contributed by atoms with Crippen LogP contribution in [-0.4, -0.2) is 122 Å². The van der Waals surface area contributed by atoms with E-state index < -0.39 is 134 Å². The second kappa shape index (κ2) is 19.3. The summed E-state index contributed by atoms with van der Waals surface area (Å²) in [4.78, 5) is 98.5. The summed E-state index contributed by atoms with van der Waals surface area (Å²) < 4.78 is 61.4. The first-order chi connectivity index (χ1) is 23.7. The zero-order chi connectivity index (χ0) is 38.7. The van der Waals surface area contributed by atoms with Crippen LogP contribution in [0.4, 0.5) is 0 Å². The largest absolute Gasteiger partial charge is 0.463 e. The zero-order valence-corrected chi connectivity index (χ0v) is 30.1. The Morgan fingerprint density at radius 3 is 0.941 bits per heavy atom. The number of rotatable bonds is 14. The maximum Gasteiger partial charge on any atom is 0.308 e. The summed E-state index contributed by atoms with van der Waals surface area (Å²) in [5.74, 6) is -7.95.